The Kier molecular flexibility index (Phi) is 6.91. The van der Waals surface area contributed by atoms with Gasteiger partial charge in [-0.1, -0.05) is 28.1 Å². The number of hydrogen-bond donors (Lipinski definition) is 2. The second-order valence-electron chi connectivity index (χ2n) is 8.66. The Balaban J connectivity index is 1.15. The Bertz CT molecular complexity index is 649. The number of guanidine groups is 1. The van der Waals surface area contributed by atoms with Crippen molar-refractivity contribution in [3.05, 3.63) is 34.3 Å². The third-order valence-electron chi connectivity index (χ3n) is 6.41. The molecule has 6 heteroatoms. The zero-order valence-electron chi connectivity index (χ0n) is 17.0. The van der Waals surface area contributed by atoms with Gasteiger partial charge in [0.1, 0.15) is 0 Å². The van der Waals surface area contributed by atoms with Gasteiger partial charge in [0.25, 0.3) is 0 Å². The second-order valence-corrected chi connectivity index (χ2v) is 9.57. The van der Waals surface area contributed by atoms with E-state index in [0.717, 1.165) is 48.6 Å². The van der Waals surface area contributed by atoms with Gasteiger partial charge < -0.3 is 15.5 Å². The molecule has 3 fully saturated rings. The van der Waals surface area contributed by atoms with Crippen LogP contribution >= 0.6 is 15.9 Å². The second kappa shape index (κ2) is 9.59. The van der Waals surface area contributed by atoms with Gasteiger partial charge in [-0.25, -0.2) is 0 Å². The number of halogens is 1. The van der Waals surface area contributed by atoms with Gasteiger partial charge in [0.15, 0.2) is 5.96 Å². The molecule has 0 radical (unpaired) electrons. The van der Waals surface area contributed by atoms with E-state index in [2.05, 4.69) is 65.6 Å². The number of benzene rings is 1. The van der Waals surface area contributed by atoms with Gasteiger partial charge in [0.05, 0.1) is 0 Å². The summed E-state index contributed by atoms with van der Waals surface area (Å²) in [4.78, 5) is 9.71. The SMILES string of the molecule is CN=C(NCC1CCN(C2CC2)C1)NC1CCN(Cc2ccc(Br)cc2)CC1. The minimum Gasteiger partial charge on any atom is -0.356 e. The van der Waals surface area contributed by atoms with Crippen LogP contribution in [0.15, 0.2) is 33.7 Å². The summed E-state index contributed by atoms with van der Waals surface area (Å²) in [7, 11) is 1.89. The first-order chi connectivity index (χ1) is 13.7. The maximum Gasteiger partial charge on any atom is 0.191 e. The largest absolute Gasteiger partial charge is 0.356 e. The van der Waals surface area contributed by atoms with Crippen LogP contribution in [0.4, 0.5) is 0 Å². The van der Waals surface area contributed by atoms with Crippen LogP contribution in [0.3, 0.4) is 0 Å². The van der Waals surface area contributed by atoms with E-state index < -0.39 is 0 Å². The van der Waals surface area contributed by atoms with Crippen LogP contribution in [-0.4, -0.2) is 67.6 Å². The molecule has 0 amide bonds. The summed E-state index contributed by atoms with van der Waals surface area (Å²) in [6, 6.07) is 10.1. The number of aliphatic imine (C=N–C) groups is 1. The lowest BCUT2D eigenvalue weighted by atomic mass is 10.0. The highest BCUT2D eigenvalue weighted by Crippen LogP contribution is 2.31. The molecule has 2 heterocycles. The lowest BCUT2D eigenvalue weighted by molar-refractivity contribution is 0.198. The molecular formula is C22H34BrN5. The molecule has 1 aliphatic carbocycles. The normalized spacial score (nSPS) is 25.2. The van der Waals surface area contributed by atoms with Crippen molar-refractivity contribution in [1.82, 2.24) is 20.4 Å². The molecule has 1 unspecified atom stereocenters. The quantitative estimate of drug-likeness (QED) is 0.519. The van der Waals surface area contributed by atoms with Crippen LogP contribution in [0.5, 0.6) is 0 Å². The zero-order valence-corrected chi connectivity index (χ0v) is 18.6. The van der Waals surface area contributed by atoms with E-state index in [0.29, 0.717) is 6.04 Å². The highest BCUT2D eigenvalue weighted by atomic mass is 79.9. The fraction of sp³-hybridized carbons (Fsp3) is 0.682. The van der Waals surface area contributed by atoms with Crippen LogP contribution in [-0.2, 0) is 6.54 Å². The van der Waals surface area contributed by atoms with Gasteiger partial charge in [-0.3, -0.25) is 9.89 Å². The molecule has 0 aromatic heterocycles. The van der Waals surface area contributed by atoms with Crippen molar-refractivity contribution in [2.75, 3.05) is 39.8 Å². The fourth-order valence-corrected chi connectivity index (χ4v) is 4.78. The maximum atomic E-state index is 4.47. The van der Waals surface area contributed by atoms with Crippen LogP contribution in [0.25, 0.3) is 0 Å². The third kappa shape index (κ3) is 5.71. The number of nitrogens with zero attached hydrogens (tertiary/aromatic N) is 3. The number of likely N-dealkylation sites (tertiary alicyclic amines) is 2. The van der Waals surface area contributed by atoms with Gasteiger partial charge >= 0.3 is 0 Å². The van der Waals surface area contributed by atoms with Gasteiger partial charge in [-0.05, 0) is 62.3 Å². The minimum absolute atomic E-state index is 0.527. The highest BCUT2D eigenvalue weighted by molar-refractivity contribution is 9.10. The summed E-state index contributed by atoms with van der Waals surface area (Å²) in [5.41, 5.74) is 1.39. The van der Waals surface area contributed by atoms with Crippen LogP contribution in [0.1, 0.15) is 37.7 Å². The molecule has 0 spiro atoms. The minimum atomic E-state index is 0.527. The molecule has 1 saturated carbocycles. The van der Waals surface area contributed by atoms with Crippen molar-refractivity contribution in [3.63, 3.8) is 0 Å². The smallest absolute Gasteiger partial charge is 0.191 e. The van der Waals surface area contributed by atoms with Gasteiger partial charge in [0, 0.05) is 56.3 Å². The molecule has 0 bridgehead atoms. The summed E-state index contributed by atoms with van der Waals surface area (Å²) in [5, 5.41) is 7.25. The molecule has 28 heavy (non-hydrogen) atoms. The summed E-state index contributed by atoms with van der Waals surface area (Å²) < 4.78 is 1.15. The monoisotopic (exact) mass is 447 g/mol. The Morgan fingerprint density at radius 2 is 1.82 bits per heavy atom. The Morgan fingerprint density at radius 3 is 2.50 bits per heavy atom. The topological polar surface area (TPSA) is 42.9 Å². The standard InChI is InChI=1S/C22H34BrN5/c1-24-22(25-14-18-8-13-28(16-18)21-6-7-21)26-20-9-11-27(12-10-20)15-17-2-4-19(23)5-3-17/h2-5,18,20-21H,6-16H2,1H3,(H2,24,25,26). The molecule has 3 aliphatic rings. The van der Waals surface area contributed by atoms with Gasteiger partial charge in [-0.15, -0.1) is 0 Å². The molecular weight excluding hydrogens is 414 g/mol. The Hall–Kier alpha value is -1.11. The first kappa shape index (κ1) is 20.2. The average Bonchev–Trinajstić information content (AvgIpc) is 3.46. The summed E-state index contributed by atoms with van der Waals surface area (Å²) >= 11 is 3.51. The first-order valence-electron chi connectivity index (χ1n) is 10.9. The molecule has 1 aromatic carbocycles. The van der Waals surface area contributed by atoms with Crippen molar-refractivity contribution >= 4 is 21.9 Å². The van der Waals surface area contributed by atoms with Gasteiger partial charge in [-0.2, -0.15) is 0 Å². The molecule has 1 aromatic rings. The fourth-order valence-electron chi connectivity index (χ4n) is 4.51. The lowest BCUT2D eigenvalue weighted by Gasteiger charge is -2.33. The number of hydrogen-bond acceptors (Lipinski definition) is 3. The first-order valence-corrected chi connectivity index (χ1v) is 11.7. The molecule has 1 atom stereocenters. The molecule has 154 valence electrons. The van der Waals surface area contributed by atoms with E-state index in [9.17, 15) is 0 Å². The highest BCUT2D eigenvalue weighted by Gasteiger charge is 2.34. The predicted molar refractivity (Wildman–Crippen MR) is 120 cm³/mol. The summed E-state index contributed by atoms with van der Waals surface area (Å²) in [6.45, 7) is 6.94. The van der Waals surface area contributed by atoms with Crippen LogP contribution in [0, 0.1) is 5.92 Å². The van der Waals surface area contributed by atoms with Crippen molar-refractivity contribution < 1.29 is 0 Å². The summed E-state index contributed by atoms with van der Waals surface area (Å²) in [6.07, 6.45) is 6.52. The molecule has 2 aliphatic heterocycles. The van der Waals surface area contributed by atoms with E-state index >= 15 is 0 Å². The maximum absolute atomic E-state index is 4.47. The van der Waals surface area contributed by atoms with Crippen LogP contribution < -0.4 is 10.6 Å². The van der Waals surface area contributed by atoms with Crippen molar-refractivity contribution in [2.24, 2.45) is 10.9 Å². The number of nitrogens with one attached hydrogen (secondary N) is 2. The molecule has 4 rings (SSSR count). The predicted octanol–water partition coefficient (Wildman–Crippen LogP) is 3.06. The van der Waals surface area contributed by atoms with Crippen LogP contribution in [0.2, 0.25) is 0 Å². The third-order valence-corrected chi connectivity index (χ3v) is 6.94. The van der Waals surface area contributed by atoms with Gasteiger partial charge in [0.2, 0.25) is 0 Å². The molecule has 2 saturated heterocycles. The molecule has 5 nitrogen and oxygen atoms in total. The summed E-state index contributed by atoms with van der Waals surface area (Å²) in [5.74, 6) is 1.75. The number of piperidine rings is 1. The zero-order chi connectivity index (χ0) is 19.3. The van der Waals surface area contributed by atoms with Crippen molar-refractivity contribution in [3.8, 4) is 0 Å². The Morgan fingerprint density at radius 1 is 1.07 bits per heavy atom. The number of rotatable bonds is 6. The average molecular weight is 448 g/mol. The van der Waals surface area contributed by atoms with E-state index in [4.69, 9.17) is 0 Å². The van der Waals surface area contributed by atoms with E-state index in [1.54, 1.807) is 0 Å². The van der Waals surface area contributed by atoms with E-state index in [1.807, 2.05) is 7.05 Å². The van der Waals surface area contributed by atoms with Crippen molar-refractivity contribution in [2.45, 2.75) is 50.7 Å². The van der Waals surface area contributed by atoms with E-state index in [1.165, 1.54) is 50.8 Å². The van der Waals surface area contributed by atoms with Crippen molar-refractivity contribution in [1.29, 1.82) is 0 Å². The molecule has 2 N–H and O–H groups in total. The lowest BCUT2D eigenvalue weighted by Crippen LogP contribution is -2.49. The van der Waals surface area contributed by atoms with E-state index in [-0.39, 0.29) is 0 Å². The Labute approximate surface area is 178 Å².